The summed E-state index contributed by atoms with van der Waals surface area (Å²) in [7, 11) is 4.31. The van der Waals surface area contributed by atoms with Crippen molar-refractivity contribution >= 4 is 0 Å². The highest BCUT2D eigenvalue weighted by atomic mass is 15.2. The molecule has 0 radical (unpaired) electrons. The van der Waals surface area contributed by atoms with Crippen LogP contribution < -0.4 is 5.32 Å². The molecule has 2 atom stereocenters. The van der Waals surface area contributed by atoms with E-state index in [0.29, 0.717) is 12.1 Å². The Morgan fingerprint density at radius 1 is 1.19 bits per heavy atom. The Morgan fingerprint density at radius 3 is 2.38 bits per heavy atom. The maximum absolute atomic E-state index is 3.49. The average molecular weight is 289 g/mol. The van der Waals surface area contributed by atoms with Crippen molar-refractivity contribution < 1.29 is 0 Å². The van der Waals surface area contributed by atoms with Gasteiger partial charge in [-0.15, -0.1) is 0 Å². The summed E-state index contributed by atoms with van der Waals surface area (Å²) in [5.74, 6) is 0. The molecular weight excluding hydrogens is 258 g/mol. The van der Waals surface area contributed by atoms with Crippen molar-refractivity contribution in [2.24, 2.45) is 0 Å². The van der Waals surface area contributed by atoms with E-state index in [1.165, 1.54) is 43.6 Å². The third-order valence-electron chi connectivity index (χ3n) is 4.89. The fraction of sp³-hybridized carbons (Fsp3) is 0.667. The molecule has 3 nitrogen and oxygen atoms in total. The van der Waals surface area contributed by atoms with Crippen LogP contribution in [0.2, 0.25) is 0 Å². The summed E-state index contributed by atoms with van der Waals surface area (Å²) >= 11 is 0. The van der Waals surface area contributed by atoms with Crippen molar-refractivity contribution in [3.05, 3.63) is 35.4 Å². The lowest BCUT2D eigenvalue weighted by Gasteiger charge is -2.33. The topological polar surface area (TPSA) is 18.5 Å². The van der Waals surface area contributed by atoms with E-state index < -0.39 is 0 Å². The van der Waals surface area contributed by atoms with E-state index in [1.54, 1.807) is 0 Å². The molecule has 0 bridgehead atoms. The summed E-state index contributed by atoms with van der Waals surface area (Å²) in [5.41, 5.74) is 2.70. The molecule has 1 aromatic carbocycles. The maximum atomic E-state index is 3.49. The summed E-state index contributed by atoms with van der Waals surface area (Å²) in [6.45, 7) is 9.39. The predicted octanol–water partition coefficient (Wildman–Crippen LogP) is 2.67. The van der Waals surface area contributed by atoms with Crippen molar-refractivity contribution in [3.8, 4) is 0 Å². The molecule has 1 aromatic rings. The number of nitrogens with zero attached hydrogens (tertiary/aromatic N) is 2. The Bertz CT molecular complexity index is 409. The molecule has 0 aliphatic carbocycles. The summed E-state index contributed by atoms with van der Waals surface area (Å²) in [5, 5.41) is 3.49. The van der Waals surface area contributed by atoms with Crippen LogP contribution >= 0.6 is 0 Å². The second kappa shape index (κ2) is 7.92. The number of aryl methyl sites for hydroxylation is 1. The molecule has 0 spiro atoms. The van der Waals surface area contributed by atoms with Gasteiger partial charge in [0.1, 0.15) is 0 Å². The van der Waals surface area contributed by atoms with E-state index in [2.05, 4.69) is 67.3 Å². The van der Waals surface area contributed by atoms with Crippen LogP contribution in [-0.4, -0.2) is 56.1 Å². The van der Waals surface area contributed by atoms with Crippen LogP contribution in [-0.2, 0) is 0 Å². The quantitative estimate of drug-likeness (QED) is 0.832. The lowest BCUT2D eigenvalue weighted by molar-refractivity contribution is 0.185. The summed E-state index contributed by atoms with van der Waals surface area (Å²) in [4.78, 5) is 5.07. The largest absolute Gasteiger partial charge is 0.312 e. The Hall–Kier alpha value is -0.900. The lowest BCUT2D eigenvalue weighted by Crippen LogP contribution is -2.43. The molecule has 1 aliphatic rings. The normalized spacial score (nSPS) is 19.1. The van der Waals surface area contributed by atoms with Gasteiger partial charge in [0.2, 0.25) is 0 Å². The van der Waals surface area contributed by atoms with E-state index in [1.807, 2.05) is 0 Å². The molecule has 1 saturated heterocycles. The second-order valence-electron chi connectivity index (χ2n) is 6.45. The molecule has 21 heavy (non-hydrogen) atoms. The summed E-state index contributed by atoms with van der Waals surface area (Å²) in [6.07, 6.45) is 2.75. The van der Waals surface area contributed by atoms with Crippen molar-refractivity contribution in [1.29, 1.82) is 0 Å². The first kappa shape index (κ1) is 16.5. The van der Waals surface area contributed by atoms with E-state index in [-0.39, 0.29) is 0 Å². The average Bonchev–Trinajstić information content (AvgIpc) is 3.00. The highest BCUT2D eigenvalue weighted by Gasteiger charge is 2.22. The molecule has 1 aliphatic heterocycles. The number of likely N-dealkylation sites (N-methyl/N-ethyl adjacent to an activating group) is 2. The van der Waals surface area contributed by atoms with E-state index in [9.17, 15) is 0 Å². The van der Waals surface area contributed by atoms with Gasteiger partial charge in [-0.3, -0.25) is 0 Å². The van der Waals surface area contributed by atoms with Crippen molar-refractivity contribution in [3.63, 3.8) is 0 Å². The van der Waals surface area contributed by atoms with Gasteiger partial charge in [0.15, 0.2) is 0 Å². The Labute approximate surface area is 130 Å². The lowest BCUT2D eigenvalue weighted by atomic mass is 9.98. The Morgan fingerprint density at radius 2 is 1.81 bits per heavy atom. The number of hydrogen-bond acceptors (Lipinski definition) is 3. The monoisotopic (exact) mass is 289 g/mol. The molecule has 1 heterocycles. The minimum absolute atomic E-state index is 0.383. The van der Waals surface area contributed by atoms with Gasteiger partial charge in [-0.1, -0.05) is 29.8 Å². The Kier molecular flexibility index (Phi) is 6.22. The van der Waals surface area contributed by atoms with Gasteiger partial charge in [0.25, 0.3) is 0 Å². The molecule has 2 rings (SSSR count). The number of hydrogen-bond donors (Lipinski definition) is 1. The van der Waals surface area contributed by atoms with Crippen LogP contribution in [0.1, 0.15) is 36.9 Å². The van der Waals surface area contributed by atoms with E-state index in [4.69, 9.17) is 0 Å². The molecule has 3 heteroatoms. The zero-order valence-electron chi connectivity index (χ0n) is 14.1. The molecule has 2 unspecified atom stereocenters. The van der Waals surface area contributed by atoms with Crippen molar-refractivity contribution in [2.75, 3.05) is 40.3 Å². The van der Waals surface area contributed by atoms with Crippen LogP contribution in [0.4, 0.5) is 0 Å². The minimum atomic E-state index is 0.383. The molecule has 0 amide bonds. The van der Waals surface area contributed by atoms with Gasteiger partial charge in [-0.25, -0.2) is 0 Å². The highest BCUT2D eigenvalue weighted by Crippen LogP contribution is 2.20. The zero-order chi connectivity index (χ0) is 15.2. The molecule has 0 saturated carbocycles. The molecular formula is C18H31N3. The molecule has 1 fully saturated rings. The van der Waals surface area contributed by atoms with E-state index in [0.717, 1.165) is 6.54 Å². The van der Waals surface area contributed by atoms with Crippen LogP contribution in [0.25, 0.3) is 0 Å². The van der Waals surface area contributed by atoms with Gasteiger partial charge in [-0.2, -0.15) is 0 Å². The second-order valence-corrected chi connectivity index (χ2v) is 6.45. The first-order chi connectivity index (χ1) is 10.1. The van der Waals surface area contributed by atoms with Crippen LogP contribution in [0.5, 0.6) is 0 Å². The number of likely N-dealkylation sites (tertiary alicyclic amines) is 1. The first-order valence-corrected chi connectivity index (χ1v) is 8.28. The Balaban J connectivity index is 1.91. The smallest absolute Gasteiger partial charge is 0.0472 e. The van der Waals surface area contributed by atoms with Crippen molar-refractivity contribution in [1.82, 2.24) is 15.1 Å². The van der Waals surface area contributed by atoms with Gasteiger partial charge in [-0.05, 0) is 59.4 Å². The number of rotatable bonds is 7. The van der Waals surface area contributed by atoms with Crippen molar-refractivity contribution in [2.45, 2.75) is 38.8 Å². The predicted molar refractivity (Wildman–Crippen MR) is 90.7 cm³/mol. The number of benzene rings is 1. The molecule has 0 aromatic heterocycles. The molecule has 1 N–H and O–H groups in total. The fourth-order valence-electron chi connectivity index (χ4n) is 3.22. The first-order valence-electron chi connectivity index (χ1n) is 8.28. The maximum Gasteiger partial charge on any atom is 0.0472 e. The van der Waals surface area contributed by atoms with E-state index >= 15 is 0 Å². The standard InChI is InChI=1S/C18H31N3/c1-15-7-9-17(10-8-15)18(19-3)16(2)20(4)13-14-21-11-5-6-12-21/h7-10,16,18-19H,5-6,11-14H2,1-4H3. The third kappa shape index (κ3) is 4.53. The molecule has 118 valence electrons. The third-order valence-corrected chi connectivity index (χ3v) is 4.89. The van der Waals surface area contributed by atoms with Crippen LogP contribution in [0.15, 0.2) is 24.3 Å². The van der Waals surface area contributed by atoms with Gasteiger partial charge in [0.05, 0.1) is 0 Å². The van der Waals surface area contributed by atoms with Crippen LogP contribution in [0, 0.1) is 6.92 Å². The zero-order valence-corrected chi connectivity index (χ0v) is 14.1. The van der Waals surface area contributed by atoms with Gasteiger partial charge >= 0.3 is 0 Å². The van der Waals surface area contributed by atoms with Crippen LogP contribution in [0.3, 0.4) is 0 Å². The highest BCUT2D eigenvalue weighted by molar-refractivity contribution is 5.25. The summed E-state index contributed by atoms with van der Waals surface area (Å²) in [6, 6.07) is 9.78. The van der Waals surface area contributed by atoms with Gasteiger partial charge in [0, 0.05) is 25.2 Å². The minimum Gasteiger partial charge on any atom is -0.312 e. The van der Waals surface area contributed by atoms with Gasteiger partial charge < -0.3 is 15.1 Å². The number of nitrogens with one attached hydrogen (secondary N) is 1. The summed E-state index contributed by atoms with van der Waals surface area (Å²) < 4.78 is 0. The SMILES string of the molecule is CNC(c1ccc(C)cc1)C(C)N(C)CCN1CCCC1. The fourth-order valence-corrected chi connectivity index (χ4v) is 3.22.